The van der Waals surface area contributed by atoms with Gasteiger partial charge in [-0.15, -0.1) is 0 Å². The van der Waals surface area contributed by atoms with Gasteiger partial charge in [0, 0.05) is 23.1 Å². The Morgan fingerprint density at radius 1 is 0.628 bits per heavy atom. The molecule has 1 aliphatic rings. The molecule has 6 heteroatoms. The van der Waals surface area contributed by atoms with E-state index in [9.17, 15) is 23.1 Å². The van der Waals surface area contributed by atoms with Gasteiger partial charge in [0.1, 0.15) is 5.71 Å². The lowest BCUT2D eigenvalue weighted by Crippen LogP contribution is -2.10. The fourth-order valence-corrected chi connectivity index (χ4v) is 5.71. The zero-order valence-corrected chi connectivity index (χ0v) is 24.1. The standard InChI is InChI=1S/C37H30F3NO2/c1-36(2,3)25-10-8-24(9-11-25)29-17-19-31-33-30(18-16-28(32(29)33)23-6-4-22(5-7-23)20-21-42)34(35(31)43)41-27-14-12-26(13-15-27)37(38,39)40/h4-19,42H,20-21H2,1-3H3. The lowest BCUT2D eigenvalue weighted by Gasteiger charge is -2.20. The second-order valence-electron chi connectivity index (χ2n) is 11.9. The molecule has 0 saturated heterocycles. The molecule has 3 nitrogen and oxygen atoms in total. The van der Waals surface area contributed by atoms with E-state index in [0.717, 1.165) is 50.7 Å². The number of Topliss-reactive ketones (excluding diaryl/α,β-unsaturated/α-hetero) is 1. The van der Waals surface area contributed by atoms with Crippen LogP contribution in [0.4, 0.5) is 18.9 Å². The quantitative estimate of drug-likeness (QED) is 0.226. The first-order valence-electron chi connectivity index (χ1n) is 14.2. The number of rotatable bonds is 5. The molecule has 1 N–H and O–H groups in total. The molecule has 0 atom stereocenters. The lowest BCUT2D eigenvalue weighted by atomic mass is 9.85. The molecule has 6 rings (SSSR count). The summed E-state index contributed by atoms with van der Waals surface area (Å²) in [4.78, 5) is 18.3. The van der Waals surface area contributed by atoms with Crippen molar-refractivity contribution in [1.29, 1.82) is 0 Å². The maximum Gasteiger partial charge on any atom is 0.416 e. The number of aliphatic hydroxyl groups is 1. The number of aliphatic imine (C=N–C) groups is 1. The number of alkyl halides is 3. The average molecular weight is 578 g/mol. The van der Waals surface area contributed by atoms with Gasteiger partial charge in [0.2, 0.25) is 5.78 Å². The SMILES string of the molecule is CC(C)(C)c1ccc(-c2ccc3c4c(ccc(-c5ccc(CCO)cc5)c24)C(=Nc2ccc(C(F)(F)F)cc2)C3=O)cc1. The Morgan fingerprint density at radius 3 is 1.65 bits per heavy atom. The van der Waals surface area contributed by atoms with Crippen LogP contribution in [0.25, 0.3) is 33.0 Å². The van der Waals surface area contributed by atoms with E-state index >= 15 is 0 Å². The van der Waals surface area contributed by atoms with Crippen molar-refractivity contribution in [1.82, 2.24) is 0 Å². The first-order chi connectivity index (χ1) is 20.5. The minimum absolute atomic E-state index is 0.00188. The van der Waals surface area contributed by atoms with E-state index in [1.54, 1.807) is 0 Å². The number of benzene rings is 5. The van der Waals surface area contributed by atoms with Crippen molar-refractivity contribution in [2.24, 2.45) is 4.99 Å². The number of nitrogens with zero attached hydrogens (tertiary/aromatic N) is 1. The highest BCUT2D eigenvalue weighted by molar-refractivity contribution is 6.59. The van der Waals surface area contributed by atoms with Crippen LogP contribution in [0, 0.1) is 0 Å². The fraction of sp³-hybridized carbons (Fsp3) is 0.189. The molecule has 0 aromatic heterocycles. The highest BCUT2D eigenvalue weighted by Gasteiger charge is 2.32. The number of carbonyl (C=O) groups is 1. The number of hydrogen-bond donors (Lipinski definition) is 1. The van der Waals surface area contributed by atoms with Gasteiger partial charge in [0.05, 0.1) is 11.3 Å². The number of ketones is 1. The van der Waals surface area contributed by atoms with Gasteiger partial charge in [-0.25, -0.2) is 4.99 Å². The molecule has 0 radical (unpaired) electrons. The van der Waals surface area contributed by atoms with E-state index in [1.165, 1.54) is 17.7 Å². The molecular formula is C37H30F3NO2. The molecule has 0 heterocycles. The van der Waals surface area contributed by atoms with Crippen LogP contribution in [0.1, 0.15) is 53.4 Å². The molecule has 0 unspecified atom stereocenters. The van der Waals surface area contributed by atoms with Crippen molar-refractivity contribution in [3.8, 4) is 22.3 Å². The summed E-state index contributed by atoms with van der Waals surface area (Å²) in [6.07, 6.45) is -3.89. The van der Waals surface area contributed by atoms with Gasteiger partial charge in [0.15, 0.2) is 0 Å². The van der Waals surface area contributed by atoms with Crippen LogP contribution in [-0.4, -0.2) is 23.2 Å². The van der Waals surface area contributed by atoms with Gasteiger partial charge in [-0.2, -0.15) is 13.2 Å². The van der Waals surface area contributed by atoms with Gasteiger partial charge in [-0.05, 0) is 80.9 Å². The first kappa shape index (κ1) is 28.6. The molecule has 5 aromatic carbocycles. The molecule has 1 aliphatic carbocycles. The molecule has 43 heavy (non-hydrogen) atoms. The van der Waals surface area contributed by atoms with E-state index in [1.807, 2.05) is 48.5 Å². The largest absolute Gasteiger partial charge is 0.416 e. The van der Waals surface area contributed by atoms with Crippen molar-refractivity contribution in [2.45, 2.75) is 38.8 Å². The molecule has 0 bridgehead atoms. The van der Waals surface area contributed by atoms with Gasteiger partial charge in [-0.3, -0.25) is 4.79 Å². The summed E-state index contributed by atoms with van der Waals surface area (Å²) in [5.41, 5.74) is 7.04. The maximum atomic E-state index is 13.7. The Labute approximate surface area is 248 Å². The molecule has 0 spiro atoms. The molecule has 0 saturated carbocycles. The third kappa shape index (κ3) is 5.28. The van der Waals surface area contributed by atoms with Crippen LogP contribution in [0.5, 0.6) is 0 Å². The monoisotopic (exact) mass is 577 g/mol. The molecule has 0 aliphatic heterocycles. The second-order valence-corrected chi connectivity index (χ2v) is 11.9. The van der Waals surface area contributed by atoms with E-state index < -0.39 is 11.7 Å². The highest BCUT2D eigenvalue weighted by atomic mass is 19.4. The van der Waals surface area contributed by atoms with Gasteiger partial charge in [-0.1, -0.05) is 87.5 Å². The summed E-state index contributed by atoms with van der Waals surface area (Å²) in [6.45, 7) is 6.58. The fourth-order valence-electron chi connectivity index (χ4n) is 5.71. The van der Waals surface area contributed by atoms with Gasteiger partial charge >= 0.3 is 6.18 Å². The van der Waals surface area contributed by atoms with Crippen molar-refractivity contribution in [2.75, 3.05) is 6.61 Å². The summed E-state index contributed by atoms with van der Waals surface area (Å²) in [5, 5.41) is 11.1. The number of hydrogen-bond acceptors (Lipinski definition) is 3. The van der Waals surface area contributed by atoms with Crippen LogP contribution in [-0.2, 0) is 18.0 Å². The topological polar surface area (TPSA) is 49.7 Å². The average Bonchev–Trinajstić information content (AvgIpc) is 3.25. The maximum absolute atomic E-state index is 13.7. The lowest BCUT2D eigenvalue weighted by molar-refractivity contribution is -0.137. The summed E-state index contributed by atoms with van der Waals surface area (Å²) >= 11 is 0. The minimum Gasteiger partial charge on any atom is -0.396 e. The van der Waals surface area contributed by atoms with Crippen LogP contribution < -0.4 is 0 Å². The summed E-state index contributed by atoms with van der Waals surface area (Å²) < 4.78 is 39.3. The second kappa shape index (κ2) is 10.6. The summed E-state index contributed by atoms with van der Waals surface area (Å²) in [6, 6.07) is 28.7. The van der Waals surface area contributed by atoms with Gasteiger partial charge in [0.25, 0.3) is 0 Å². The molecule has 5 aromatic rings. The number of carbonyl (C=O) groups excluding carboxylic acids is 1. The van der Waals surface area contributed by atoms with Crippen molar-refractivity contribution in [3.63, 3.8) is 0 Å². The van der Waals surface area contributed by atoms with Crippen LogP contribution in [0.15, 0.2) is 102 Å². The van der Waals surface area contributed by atoms with Crippen molar-refractivity contribution in [3.05, 3.63) is 125 Å². The summed E-state index contributed by atoms with van der Waals surface area (Å²) in [7, 11) is 0. The third-order valence-electron chi connectivity index (χ3n) is 8.04. The Bertz CT molecular complexity index is 1880. The minimum atomic E-state index is -4.45. The predicted molar refractivity (Wildman–Crippen MR) is 166 cm³/mol. The van der Waals surface area contributed by atoms with Crippen LogP contribution >= 0.6 is 0 Å². The third-order valence-corrected chi connectivity index (χ3v) is 8.04. The number of halogens is 3. The molecule has 216 valence electrons. The Hall–Kier alpha value is -4.55. The first-order valence-corrected chi connectivity index (χ1v) is 14.2. The van der Waals surface area contributed by atoms with E-state index in [0.29, 0.717) is 17.5 Å². The number of aliphatic hydroxyl groups excluding tert-OH is 1. The predicted octanol–water partition coefficient (Wildman–Crippen LogP) is 9.34. The summed E-state index contributed by atoms with van der Waals surface area (Å²) in [5.74, 6) is -0.259. The normalized spacial score (nSPS) is 14.2. The van der Waals surface area contributed by atoms with Crippen molar-refractivity contribution >= 4 is 28.0 Å². The molecule has 0 amide bonds. The van der Waals surface area contributed by atoms with Crippen LogP contribution in [0.3, 0.4) is 0 Å². The van der Waals surface area contributed by atoms with Crippen LogP contribution in [0.2, 0.25) is 0 Å². The molecular weight excluding hydrogens is 547 g/mol. The van der Waals surface area contributed by atoms with E-state index in [-0.39, 0.29) is 29.2 Å². The zero-order chi connectivity index (χ0) is 30.5. The smallest absolute Gasteiger partial charge is 0.396 e. The molecule has 0 fully saturated rings. The zero-order valence-electron chi connectivity index (χ0n) is 24.1. The van der Waals surface area contributed by atoms with Crippen molar-refractivity contribution < 1.29 is 23.1 Å². The highest BCUT2D eigenvalue weighted by Crippen LogP contribution is 2.44. The van der Waals surface area contributed by atoms with Gasteiger partial charge < -0.3 is 5.11 Å². The van der Waals surface area contributed by atoms with E-state index in [4.69, 9.17) is 0 Å². The Kier molecular flexibility index (Phi) is 7.05. The Morgan fingerprint density at radius 2 is 1.12 bits per heavy atom. The van der Waals surface area contributed by atoms with E-state index in [2.05, 4.69) is 50.0 Å². The Balaban J connectivity index is 1.56.